The van der Waals surface area contributed by atoms with Gasteiger partial charge in [-0.1, -0.05) is 35.9 Å². The molecule has 1 unspecified atom stereocenters. The maximum absolute atomic E-state index is 13.2. The Labute approximate surface area is 198 Å². The Kier molecular flexibility index (Phi) is 8.12. The fourth-order valence-corrected chi connectivity index (χ4v) is 5.03. The maximum Gasteiger partial charge on any atom is 0.340 e. The number of hydrogen-bond donors (Lipinski definition) is 1. The molecule has 1 atom stereocenters. The van der Waals surface area contributed by atoms with Crippen LogP contribution in [0.1, 0.15) is 17.3 Å². The number of ether oxygens (including phenoxy) is 1. The molecule has 1 fully saturated rings. The lowest BCUT2D eigenvalue weighted by atomic mass is 10.2. The molecule has 3 rings (SSSR count). The Morgan fingerprint density at radius 3 is 2.45 bits per heavy atom. The van der Waals surface area contributed by atoms with Crippen molar-refractivity contribution >= 4 is 39.2 Å². The zero-order chi connectivity index (χ0) is 24.0. The van der Waals surface area contributed by atoms with Gasteiger partial charge in [0.2, 0.25) is 10.0 Å². The summed E-state index contributed by atoms with van der Waals surface area (Å²) in [5.74, 6) is -1.38. The third kappa shape index (κ3) is 5.93. The van der Waals surface area contributed by atoms with E-state index >= 15 is 0 Å². The second-order valence-electron chi connectivity index (χ2n) is 7.45. The van der Waals surface area contributed by atoms with Crippen LogP contribution in [0, 0.1) is 0 Å². The van der Waals surface area contributed by atoms with Gasteiger partial charge in [-0.2, -0.15) is 4.31 Å². The van der Waals surface area contributed by atoms with Crippen molar-refractivity contribution in [3.63, 3.8) is 0 Å². The largest absolute Gasteiger partial charge is 0.449 e. The fourth-order valence-electron chi connectivity index (χ4n) is 3.39. The predicted octanol–water partition coefficient (Wildman–Crippen LogP) is 2.70. The molecule has 0 bridgehead atoms. The maximum atomic E-state index is 13.2. The highest BCUT2D eigenvalue weighted by atomic mass is 35.5. The zero-order valence-electron chi connectivity index (χ0n) is 18.2. The molecule has 1 aliphatic rings. The number of amides is 1. The number of nitrogens with one attached hydrogen (secondary N) is 1. The smallest absolute Gasteiger partial charge is 0.340 e. The van der Waals surface area contributed by atoms with E-state index in [1.54, 1.807) is 0 Å². The van der Waals surface area contributed by atoms with Gasteiger partial charge in [-0.15, -0.1) is 6.58 Å². The number of esters is 1. The number of hydrogen-bond acceptors (Lipinski definition) is 6. The Bertz CT molecular complexity index is 1120. The molecule has 2 aromatic carbocycles. The van der Waals surface area contributed by atoms with Crippen LogP contribution in [-0.2, 0) is 19.6 Å². The normalized spacial score (nSPS) is 15.5. The van der Waals surface area contributed by atoms with Gasteiger partial charge in [-0.3, -0.25) is 4.79 Å². The van der Waals surface area contributed by atoms with Gasteiger partial charge in [0.25, 0.3) is 5.91 Å². The first-order valence-electron chi connectivity index (χ1n) is 10.4. The van der Waals surface area contributed by atoms with Crippen LogP contribution in [0.5, 0.6) is 0 Å². The van der Waals surface area contributed by atoms with E-state index in [0.29, 0.717) is 26.2 Å². The van der Waals surface area contributed by atoms with Crippen molar-refractivity contribution in [2.45, 2.75) is 17.9 Å². The molecule has 1 saturated heterocycles. The molecule has 0 spiro atoms. The summed E-state index contributed by atoms with van der Waals surface area (Å²) in [5.41, 5.74) is 0.918. The summed E-state index contributed by atoms with van der Waals surface area (Å²) in [5, 5.41) is 2.56. The van der Waals surface area contributed by atoms with Crippen LogP contribution in [0.4, 0.5) is 5.69 Å². The molecule has 1 amide bonds. The molecule has 1 aliphatic heterocycles. The van der Waals surface area contributed by atoms with Gasteiger partial charge in [0.15, 0.2) is 6.10 Å². The minimum atomic E-state index is -3.85. The minimum Gasteiger partial charge on any atom is -0.449 e. The van der Waals surface area contributed by atoms with Crippen LogP contribution in [0.2, 0.25) is 5.02 Å². The van der Waals surface area contributed by atoms with E-state index in [1.165, 1.54) is 35.5 Å². The Hall–Kier alpha value is -2.88. The summed E-state index contributed by atoms with van der Waals surface area (Å²) >= 11 is 6.13. The highest BCUT2D eigenvalue weighted by Crippen LogP contribution is 2.25. The average Bonchev–Trinajstić information content (AvgIpc) is 2.83. The number of anilines is 1. The van der Waals surface area contributed by atoms with Crippen molar-refractivity contribution in [1.82, 2.24) is 9.62 Å². The molecular formula is C23H26ClN3O5S. The number of para-hydroxylation sites is 1. The first-order valence-corrected chi connectivity index (χ1v) is 12.2. The molecule has 176 valence electrons. The molecule has 10 heteroatoms. The number of nitrogens with zero attached hydrogens (tertiary/aromatic N) is 2. The lowest BCUT2D eigenvalue weighted by Gasteiger charge is -2.35. The number of halogens is 1. The van der Waals surface area contributed by atoms with Gasteiger partial charge >= 0.3 is 5.97 Å². The van der Waals surface area contributed by atoms with Crippen LogP contribution in [0.25, 0.3) is 0 Å². The summed E-state index contributed by atoms with van der Waals surface area (Å²) in [7, 11) is -3.85. The molecule has 0 radical (unpaired) electrons. The minimum absolute atomic E-state index is 0.0338. The van der Waals surface area contributed by atoms with Crippen molar-refractivity contribution in [3.8, 4) is 0 Å². The highest BCUT2D eigenvalue weighted by Gasteiger charge is 2.30. The SMILES string of the molecule is C=CCNC(=O)C(C)OC(=O)c1cc(S(=O)(=O)N2CCN(c3ccccc3)CC2)ccc1Cl. The molecule has 2 aromatic rings. The van der Waals surface area contributed by atoms with E-state index in [-0.39, 0.29) is 22.0 Å². The third-order valence-electron chi connectivity index (χ3n) is 5.23. The molecule has 33 heavy (non-hydrogen) atoms. The van der Waals surface area contributed by atoms with Gasteiger partial charge in [-0.25, -0.2) is 13.2 Å². The summed E-state index contributed by atoms with van der Waals surface area (Å²) in [6.07, 6.45) is 0.414. The number of rotatable bonds is 8. The van der Waals surface area contributed by atoms with Crippen LogP contribution in [-0.4, -0.2) is 63.4 Å². The van der Waals surface area contributed by atoms with Crippen molar-refractivity contribution in [1.29, 1.82) is 0 Å². The van der Waals surface area contributed by atoms with Crippen LogP contribution in [0.3, 0.4) is 0 Å². The molecule has 0 aliphatic carbocycles. The second kappa shape index (κ2) is 10.8. The predicted molar refractivity (Wildman–Crippen MR) is 127 cm³/mol. The van der Waals surface area contributed by atoms with E-state index in [0.717, 1.165) is 5.69 Å². The van der Waals surface area contributed by atoms with Crippen molar-refractivity contribution < 1.29 is 22.7 Å². The molecule has 1 N–H and O–H groups in total. The van der Waals surface area contributed by atoms with Gasteiger partial charge in [0, 0.05) is 38.4 Å². The van der Waals surface area contributed by atoms with Gasteiger partial charge in [0.05, 0.1) is 15.5 Å². The van der Waals surface area contributed by atoms with E-state index in [9.17, 15) is 18.0 Å². The van der Waals surface area contributed by atoms with E-state index < -0.39 is 28.0 Å². The third-order valence-corrected chi connectivity index (χ3v) is 7.45. The standard InChI is InChI=1S/C23H26ClN3O5S/c1-3-11-25-22(28)17(2)32-23(29)20-16-19(9-10-21(20)24)33(30,31)27-14-12-26(13-15-27)18-7-5-4-6-8-18/h3-10,16-17H,1,11-15H2,2H3,(H,25,28). The summed E-state index contributed by atoms with van der Waals surface area (Å²) in [4.78, 5) is 26.6. The first-order chi connectivity index (χ1) is 15.7. The number of carbonyl (C=O) groups is 2. The Morgan fingerprint density at radius 1 is 1.15 bits per heavy atom. The van der Waals surface area contributed by atoms with Gasteiger partial charge in [0.1, 0.15) is 0 Å². The topological polar surface area (TPSA) is 96.0 Å². The second-order valence-corrected chi connectivity index (χ2v) is 9.79. The lowest BCUT2D eigenvalue weighted by Crippen LogP contribution is -2.48. The van der Waals surface area contributed by atoms with Gasteiger partial charge < -0.3 is 15.0 Å². The van der Waals surface area contributed by atoms with E-state index in [2.05, 4.69) is 16.8 Å². The van der Waals surface area contributed by atoms with E-state index in [1.807, 2.05) is 30.3 Å². The van der Waals surface area contributed by atoms with Crippen LogP contribution < -0.4 is 10.2 Å². The average molecular weight is 492 g/mol. The zero-order valence-corrected chi connectivity index (χ0v) is 19.8. The summed E-state index contributed by atoms with van der Waals surface area (Å²) < 4.78 is 33.0. The molecule has 1 heterocycles. The Balaban J connectivity index is 1.72. The van der Waals surface area contributed by atoms with Crippen LogP contribution in [0.15, 0.2) is 66.1 Å². The van der Waals surface area contributed by atoms with Crippen molar-refractivity contribution in [2.24, 2.45) is 0 Å². The number of sulfonamides is 1. The highest BCUT2D eigenvalue weighted by molar-refractivity contribution is 7.89. The Morgan fingerprint density at radius 2 is 1.82 bits per heavy atom. The number of benzene rings is 2. The molecule has 8 nitrogen and oxygen atoms in total. The molecule has 0 aromatic heterocycles. The molecular weight excluding hydrogens is 466 g/mol. The quantitative estimate of drug-likeness (QED) is 0.450. The number of carbonyl (C=O) groups excluding carboxylic acids is 2. The molecule has 0 saturated carbocycles. The van der Waals surface area contributed by atoms with Crippen molar-refractivity contribution in [3.05, 3.63) is 71.8 Å². The van der Waals surface area contributed by atoms with E-state index in [4.69, 9.17) is 16.3 Å². The van der Waals surface area contributed by atoms with Gasteiger partial charge in [-0.05, 0) is 37.3 Å². The number of piperazine rings is 1. The first kappa shape index (κ1) is 24.8. The fraction of sp³-hybridized carbons (Fsp3) is 0.304. The van der Waals surface area contributed by atoms with Crippen molar-refractivity contribution in [2.75, 3.05) is 37.6 Å². The summed E-state index contributed by atoms with van der Waals surface area (Å²) in [6.45, 7) is 6.84. The summed E-state index contributed by atoms with van der Waals surface area (Å²) in [6, 6.07) is 13.7. The lowest BCUT2D eigenvalue weighted by molar-refractivity contribution is -0.128. The van der Waals surface area contributed by atoms with Crippen LogP contribution >= 0.6 is 11.6 Å². The monoisotopic (exact) mass is 491 g/mol.